The van der Waals surface area contributed by atoms with Crippen molar-refractivity contribution in [1.82, 2.24) is 10.2 Å². The van der Waals surface area contributed by atoms with Crippen LogP contribution in [0.3, 0.4) is 0 Å². The predicted molar refractivity (Wildman–Crippen MR) is 92.1 cm³/mol. The molecule has 118 valence electrons. The lowest BCUT2D eigenvalue weighted by molar-refractivity contribution is 0.104. The van der Waals surface area contributed by atoms with Crippen LogP contribution in [0.25, 0.3) is 0 Å². The van der Waals surface area contributed by atoms with Crippen LogP contribution >= 0.6 is 11.6 Å². The van der Waals surface area contributed by atoms with Crippen molar-refractivity contribution < 1.29 is 0 Å². The van der Waals surface area contributed by atoms with Gasteiger partial charge in [-0.3, -0.25) is 0 Å². The highest BCUT2D eigenvalue weighted by molar-refractivity contribution is 6.30. The van der Waals surface area contributed by atoms with E-state index in [0.717, 1.165) is 18.0 Å². The minimum absolute atomic E-state index is 0.300. The molecule has 0 bridgehead atoms. The molecule has 2 nitrogen and oxygen atoms in total. The van der Waals surface area contributed by atoms with E-state index in [1.54, 1.807) is 0 Å². The quantitative estimate of drug-likeness (QED) is 0.815. The van der Waals surface area contributed by atoms with Gasteiger partial charge in [0.05, 0.1) is 0 Å². The molecule has 1 aromatic carbocycles. The maximum atomic E-state index is 6.01. The molecule has 1 saturated carbocycles. The highest BCUT2D eigenvalue weighted by Gasteiger charge is 2.42. The minimum atomic E-state index is 0.300. The van der Waals surface area contributed by atoms with Crippen LogP contribution in [0, 0.1) is 0 Å². The second kappa shape index (κ2) is 7.62. The Labute approximate surface area is 134 Å². The first kappa shape index (κ1) is 16.8. The van der Waals surface area contributed by atoms with Crippen LogP contribution in [-0.4, -0.2) is 37.1 Å². The van der Waals surface area contributed by atoms with Gasteiger partial charge in [-0.05, 0) is 64.0 Å². The Morgan fingerprint density at radius 1 is 1.19 bits per heavy atom. The van der Waals surface area contributed by atoms with Gasteiger partial charge in [-0.1, -0.05) is 43.5 Å². The third-order valence-corrected chi connectivity index (χ3v) is 5.25. The molecule has 21 heavy (non-hydrogen) atoms. The van der Waals surface area contributed by atoms with E-state index in [0.29, 0.717) is 11.6 Å². The summed E-state index contributed by atoms with van der Waals surface area (Å²) in [6, 6.07) is 8.86. The SMILES string of the molecule is CCCNC(Cc1ccc(Cl)cc1)C1(N(C)C)CCCC1. The van der Waals surface area contributed by atoms with Gasteiger partial charge in [0.15, 0.2) is 0 Å². The van der Waals surface area contributed by atoms with Gasteiger partial charge < -0.3 is 10.2 Å². The molecule has 1 atom stereocenters. The molecule has 1 aromatic rings. The molecule has 1 fully saturated rings. The normalized spacial score (nSPS) is 19.1. The molecule has 0 heterocycles. The summed E-state index contributed by atoms with van der Waals surface area (Å²) in [7, 11) is 4.49. The molecular formula is C18H29ClN2. The van der Waals surface area contributed by atoms with Crippen molar-refractivity contribution in [3.05, 3.63) is 34.9 Å². The van der Waals surface area contributed by atoms with Gasteiger partial charge in [-0.15, -0.1) is 0 Å². The highest BCUT2D eigenvalue weighted by atomic mass is 35.5. The van der Waals surface area contributed by atoms with Gasteiger partial charge >= 0.3 is 0 Å². The molecule has 0 spiro atoms. The summed E-state index contributed by atoms with van der Waals surface area (Å²) in [4.78, 5) is 2.46. The Morgan fingerprint density at radius 3 is 2.33 bits per heavy atom. The molecule has 1 unspecified atom stereocenters. The summed E-state index contributed by atoms with van der Waals surface area (Å²) in [6.07, 6.45) is 7.56. The van der Waals surface area contributed by atoms with Crippen molar-refractivity contribution in [2.45, 2.75) is 57.0 Å². The maximum Gasteiger partial charge on any atom is 0.0406 e. The highest BCUT2D eigenvalue weighted by Crippen LogP contribution is 2.38. The number of rotatable bonds is 7. The van der Waals surface area contributed by atoms with E-state index in [1.165, 1.54) is 37.7 Å². The molecule has 0 radical (unpaired) electrons. The number of hydrogen-bond donors (Lipinski definition) is 1. The Balaban J connectivity index is 2.18. The number of hydrogen-bond acceptors (Lipinski definition) is 2. The molecule has 1 aliphatic carbocycles. The smallest absolute Gasteiger partial charge is 0.0406 e. The van der Waals surface area contributed by atoms with Crippen molar-refractivity contribution in [3.63, 3.8) is 0 Å². The zero-order valence-corrected chi connectivity index (χ0v) is 14.4. The average Bonchev–Trinajstić information content (AvgIpc) is 2.96. The van der Waals surface area contributed by atoms with Gasteiger partial charge in [0, 0.05) is 16.6 Å². The molecule has 3 heteroatoms. The first-order valence-electron chi connectivity index (χ1n) is 8.24. The molecule has 0 aromatic heterocycles. The number of nitrogens with one attached hydrogen (secondary N) is 1. The summed E-state index contributed by atoms with van der Waals surface area (Å²) in [5.74, 6) is 0. The minimum Gasteiger partial charge on any atom is -0.312 e. The number of nitrogens with zero attached hydrogens (tertiary/aromatic N) is 1. The summed E-state index contributed by atoms with van der Waals surface area (Å²) < 4.78 is 0. The third-order valence-electron chi connectivity index (χ3n) is 5.00. The second-order valence-corrected chi connectivity index (χ2v) is 6.98. The molecule has 2 rings (SSSR count). The zero-order chi connectivity index (χ0) is 15.3. The Hall–Kier alpha value is -0.570. The first-order chi connectivity index (χ1) is 10.1. The second-order valence-electron chi connectivity index (χ2n) is 6.54. The van der Waals surface area contributed by atoms with Gasteiger partial charge in [0.1, 0.15) is 0 Å². The first-order valence-corrected chi connectivity index (χ1v) is 8.61. The Kier molecular flexibility index (Phi) is 6.09. The Morgan fingerprint density at radius 2 is 1.81 bits per heavy atom. The molecule has 0 amide bonds. The molecular weight excluding hydrogens is 280 g/mol. The molecule has 1 N–H and O–H groups in total. The predicted octanol–water partition coefficient (Wildman–Crippen LogP) is 4.13. The van der Waals surface area contributed by atoms with E-state index < -0.39 is 0 Å². The van der Waals surface area contributed by atoms with Gasteiger partial charge in [0.25, 0.3) is 0 Å². The lowest BCUT2D eigenvalue weighted by Gasteiger charge is -2.44. The van der Waals surface area contributed by atoms with Crippen molar-refractivity contribution in [2.24, 2.45) is 0 Å². The maximum absolute atomic E-state index is 6.01. The van der Waals surface area contributed by atoms with E-state index in [1.807, 2.05) is 12.1 Å². The molecule has 0 aliphatic heterocycles. The van der Waals surface area contributed by atoms with Crippen molar-refractivity contribution in [2.75, 3.05) is 20.6 Å². The topological polar surface area (TPSA) is 15.3 Å². The largest absolute Gasteiger partial charge is 0.312 e. The summed E-state index contributed by atoms with van der Waals surface area (Å²) in [6.45, 7) is 3.33. The van der Waals surface area contributed by atoms with Crippen LogP contribution in [0.4, 0.5) is 0 Å². The molecule has 1 aliphatic rings. The monoisotopic (exact) mass is 308 g/mol. The number of likely N-dealkylation sites (N-methyl/N-ethyl adjacent to an activating group) is 1. The van der Waals surface area contributed by atoms with E-state index in [2.05, 4.69) is 43.4 Å². The van der Waals surface area contributed by atoms with E-state index >= 15 is 0 Å². The fraction of sp³-hybridized carbons (Fsp3) is 0.667. The van der Waals surface area contributed by atoms with Crippen LogP contribution < -0.4 is 5.32 Å². The van der Waals surface area contributed by atoms with Gasteiger partial charge in [0.2, 0.25) is 0 Å². The van der Waals surface area contributed by atoms with Crippen LogP contribution in [0.2, 0.25) is 5.02 Å². The fourth-order valence-corrected chi connectivity index (χ4v) is 3.85. The number of benzene rings is 1. The van der Waals surface area contributed by atoms with Crippen molar-refractivity contribution >= 4 is 11.6 Å². The van der Waals surface area contributed by atoms with E-state index in [9.17, 15) is 0 Å². The number of halogens is 1. The van der Waals surface area contributed by atoms with E-state index in [4.69, 9.17) is 11.6 Å². The van der Waals surface area contributed by atoms with Gasteiger partial charge in [-0.25, -0.2) is 0 Å². The lowest BCUT2D eigenvalue weighted by atomic mass is 9.83. The van der Waals surface area contributed by atoms with Crippen LogP contribution in [0.1, 0.15) is 44.6 Å². The lowest BCUT2D eigenvalue weighted by Crippen LogP contribution is -2.58. The summed E-state index contributed by atoms with van der Waals surface area (Å²) >= 11 is 6.01. The zero-order valence-electron chi connectivity index (χ0n) is 13.7. The van der Waals surface area contributed by atoms with E-state index in [-0.39, 0.29) is 0 Å². The van der Waals surface area contributed by atoms with Crippen molar-refractivity contribution in [3.8, 4) is 0 Å². The summed E-state index contributed by atoms with van der Waals surface area (Å²) in [5.41, 5.74) is 1.68. The average molecular weight is 309 g/mol. The third kappa shape index (κ3) is 4.00. The summed E-state index contributed by atoms with van der Waals surface area (Å²) in [5, 5.41) is 4.64. The van der Waals surface area contributed by atoms with Crippen molar-refractivity contribution in [1.29, 1.82) is 0 Å². The standard InChI is InChI=1S/C18H29ClN2/c1-4-13-20-17(14-15-7-9-16(19)10-8-15)18(21(2)3)11-5-6-12-18/h7-10,17,20H,4-6,11-14H2,1-3H3. The molecule has 0 saturated heterocycles. The Bertz CT molecular complexity index is 421. The van der Waals surface area contributed by atoms with Gasteiger partial charge in [-0.2, -0.15) is 0 Å². The van der Waals surface area contributed by atoms with Crippen LogP contribution in [0.5, 0.6) is 0 Å². The van der Waals surface area contributed by atoms with Crippen LogP contribution in [-0.2, 0) is 6.42 Å². The van der Waals surface area contributed by atoms with Crippen LogP contribution in [0.15, 0.2) is 24.3 Å². The fourth-order valence-electron chi connectivity index (χ4n) is 3.72.